The van der Waals surface area contributed by atoms with Crippen molar-refractivity contribution in [1.82, 2.24) is 10.6 Å². The standard InChI is InChI=1S/C15H19N3O/c1-11(13-5-3-12(9-16)4-6-13)18-14(19)15(2)7-8-17-10-15/h3-6,11,17H,7-8,10H2,1-2H3,(H,18,19). The van der Waals surface area contributed by atoms with Crippen LogP contribution >= 0.6 is 0 Å². The Morgan fingerprint density at radius 1 is 1.47 bits per heavy atom. The second-order valence-corrected chi connectivity index (χ2v) is 5.42. The maximum Gasteiger partial charge on any atom is 0.227 e. The minimum atomic E-state index is -0.305. The number of benzene rings is 1. The van der Waals surface area contributed by atoms with Gasteiger partial charge in [-0.3, -0.25) is 4.79 Å². The first-order chi connectivity index (χ1) is 9.05. The summed E-state index contributed by atoms with van der Waals surface area (Å²) in [5.41, 5.74) is 1.34. The lowest BCUT2D eigenvalue weighted by molar-refractivity contribution is -0.129. The number of nitrogens with one attached hydrogen (secondary N) is 2. The molecule has 1 aliphatic heterocycles. The van der Waals surface area contributed by atoms with Gasteiger partial charge in [0, 0.05) is 6.54 Å². The average molecular weight is 257 g/mol. The summed E-state index contributed by atoms with van der Waals surface area (Å²) in [5, 5.41) is 15.0. The molecule has 0 aromatic heterocycles. The largest absolute Gasteiger partial charge is 0.349 e. The predicted molar refractivity (Wildman–Crippen MR) is 73.3 cm³/mol. The molecule has 1 heterocycles. The Bertz CT molecular complexity index is 495. The Hall–Kier alpha value is -1.86. The number of amides is 1. The van der Waals surface area contributed by atoms with E-state index in [2.05, 4.69) is 16.7 Å². The van der Waals surface area contributed by atoms with Gasteiger partial charge in [-0.1, -0.05) is 12.1 Å². The molecule has 19 heavy (non-hydrogen) atoms. The first-order valence-electron chi connectivity index (χ1n) is 6.57. The van der Waals surface area contributed by atoms with E-state index in [0.717, 1.165) is 25.1 Å². The fourth-order valence-corrected chi connectivity index (χ4v) is 2.31. The number of nitrogens with zero attached hydrogens (tertiary/aromatic N) is 1. The van der Waals surface area contributed by atoms with E-state index in [0.29, 0.717) is 5.56 Å². The minimum absolute atomic E-state index is 0.0438. The first kappa shape index (κ1) is 13.6. The molecule has 4 heteroatoms. The van der Waals surface area contributed by atoms with E-state index in [-0.39, 0.29) is 17.4 Å². The molecule has 1 aromatic carbocycles. The Labute approximate surface area is 113 Å². The number of nitriles is 1. The van der Waals surface area contributed by atoms with Gasteiger partial charge >= 0.3 is 0 Å². The van der Waals surface area contributed by atoms with Gasteiger partial charge in [0.15, 0.2) is 0 Å². The van der Waals surface area contributed by atoms with Crippen LogP contribution < -0.4 is 10.6 Å². The van der Waals surface area contributed by atoms with Crippen molar-refractivity contribution >= 4 is 5.91 Å². The van der Waals surface area contributed by atoms with E-state index in [4.69, 9.17) is 5.26 Å². The van der Waals surface area contributed by atoms with Gasteiger partial charge in [0.2, 0.25) is 5.91 Å². The molecule has 2 N–H and O–H groups in total. The third kappa shape index (κ3) is 2.94. The monoisotopic (exact) mass is 257 g/mol. The third-order valence-electron chi connectivity index (χ3n) is 3.80. The Balaban J connectivity index is 2.02. The molecule has 100 valence electrons. The molecule has 0 spiro atoms. The van der Waals surface area contributed by atoms with Crippen LogP contribution in [0, 0.1) is 16.7 Å². The predicted octanol–water partition coefficient (Wildman–Crippen LogP) is 1.74. The van der Waals surface area contributed by atoms with Gasteiger partial charge in [0.1, 0.15) is 0 Å². The second kappa shape index (κ2) is 5.41. The molecule has 1 amide bonds. The zero-order valence-corrected chi connectivity index (χ0v) is 11.4. The van der Waals surface area contributed by atoms with Crippen molar-refractivity contribution < 1.29 is 4.79 Å². The number of carbonyl (C=O) groups is 1. The number of hydrogen-bond acceptors (Lipinski definition) is 3. The lowest BCUT2D eigenvalue weighted by atomic mass is 9.88. The molecule has 0 aliphatic carbocycles. The zero-order valence-electron chi connectivity index (χ0n) is 11.4. The molecule has 1 aliphatic rings. The SMILES string of the molecule is CC(NC(=O)C1(C)CCNC1)c1ccc(C#N)cc1. The maximum absolute atomic E-state index is 12.3. The highest BCUT2D eigenvalue weighted by atomic mass is 16.2. The summed E-state index contributed by atoms with van der Waals surface area (Å²) in [6, 6.07) is 9.37. The molecule has 1 saturated heterocycles. The van der Waals surface area contributed by atoms with E-state index < -0.39 is 0 Å². The summed E-state index contributed by atoms with van der Waals surface area (Å²) < 4.78 is 0. The third-order valence-corrected chi connectivity index (χ3v) is 3.80. The molecule has 0 bridgehead atoms. The zero-order chi connectivity index (χ0) is 13.9. The van der Waals surface area contributed by atoms with Crippen LogP contribution in [0.4, 0.5) is 0 Å². The van der Waals surface area contributed by atoms with Crippen molar-refractivity contribution in [3.05, 3.63) is 35.4 Å². The van der Waals surface area contributed by atoms with Gasteiger partial charge in [-0.2, -0.15) is 5.26 Å². The number of carbonyl (C=O) groups excluding carboxylic acids is 1. The summed E-state index contributed by atoms with van der Waals surface area (Å²) in [6.07, 6.45) is 0.874. The molecular formula is C15H19N3O. The number of rotatable bonds is 3. The molecule has 1 aromatic rings. The molecule has 0 saturated carbocycles. The Morgan fingerprint density at radius 3 is 2.68 bits per heavy atom. The molecule has 2 atom stereocenters. The molecule has 2 rings (SSSR count). The van der Waals surface area contributed by atoms with Crippen molar-refractivity contribution in [2.24, 2.45) is 5.41 Å². The van der Waals surface area contributed by atoms with E-state index in [1.165, 1.54) is 0 Å². The summed E-state index contributed by atoms with van der Waals surface area (Å²) in [4.78, 5) is 12.3. The van der Waals surface area contributed by atoms with Crippen molar-refractivity contribution in [3.63, 3.8) is 0 Å². The molecule has 1 fully saturated rings. The number of hydrogen-bond donors (Lipinski definition) is 2. The van der Waals surface area contributed by atoms with Crippen LogP contribution in [0.3, 0.4) is 0 Å². The van der Waals surface area contributed by atoms with Gasteiger partial charge in [-0.25, -0.2) is 0 Å². The van der Waals surface area contributed by atoms with E-state index in [1.54, 1.807) is 12.1 Å². The Morgan fingerprint density at radius 2 is 2.16 bits per heavy atom. The molecule has 4 nitrogen and oxygen atoms in total. The van der Waals surface area contributed by atoms with Gasteiger partial charge in [0.05, 0.1) is 23.1 Å². The minimum Gasteiger partial charge on any atom is -0.349 e. The van der Waals surface area contributed by atoms with E-state index in [1.807, 2.05) is 26.0 Å². The van der Waals surface area contributed by atoms with Crippen LogP contribution in [0.5, 0.6) is 0 Å². The lowest BCUT2D eigenvalue weighted by Gasteiger charge is -2.24. The topological polar surface area (TPSA) is 64.9 Å². The van der Waals surface area contributed by atoms with Gasteiger partial charge in [-0.15, -0.1) is 0 Å². The van der Waals surface area contributed by atoms with Crippen LogP contribution in [0.15, 0.2) is 24.3 Å². The molecule has 2 unspecified atom stereocenters. The van der Waals surface area contributed by atoms with E-state index in [9.17, 15) is 4.79 Å². The Kier molecular flexibility index (Phi) is 3.87. The van der Waals surface area contributed by atoms with Crippen LogP contribution in [-0.4, -0.2) is 19.0 Å². The van der Waals surface area contributed by atoms with Crippen molar-refractivity contribution in [2.75, 3.05) is 13.1 Å². The highest BCUT2D eigenvalue weighted by molar-refractivity contribution is 5.83. The normalized spacial score (nSPS) is 23.6. The fraction of sp³-hybridized carbons (Fsp3) is 0.467. The molecule has 0 radical (unpaired) electrons. The maximum atomic E-state index is 12.3. The highest BCUT2D eigenvalue weighted by Gasteiger charge is 2.36. The van der Waals surface area contributed by atoms with Gasteiger partial charge < -0.3 is 10.6 Å². The van der Waals surface area contributed by atoms with Crippen LogP contribution in [-0.2, 0) is 4.79 Å². The van der Waals surface area contributed by atoms with Crippen LogP contribution in [0.1, 0.15) is 37.4 Å². The van der Waals surface area contributed by atoms with E-state index >= 15 is 0 Å². The van der Waals surface area contributed by atoms with Crippen LogP contribution in [0.2, 0.25) is 0 Å². The quantitative estimate of drug-likeness (QED) is 0.866. The fourth-order valence-electron chi connectivity index (χ4n) is 2.31. The summed E-state index contributed by atoms with van der Waals surface area (Å²) in [6.45, 7) is 5.59. The lowest BCUT2D eigenvalue weighted by Crippen LogP contribution is -2.41. The molecular weight excluding hydrogens is 238 g/mol. The average Bonchev–Trinajstić information content (AvgIpc) is 2.87. The first-order valence-corrected chi connectivity index (χ1v) is 6.57. The summed E-state index contributed by atoms with van der Waals surface area (Å²) in [7, 11) is 0. The smallest absolute Gasteiger partial charge is 0.227 e. The summed E-state index contributed by atoms with van der Waals surface area (Å²) in [5.74, 6) is 0.0920. The van der Waals surface area contributed by atoms with Crippen molar-refractivity contribution in [1.29, 1.82) is 5.26 Å². The van der Waals surface area contributed by atoms with Crippen molar-refractivity contribution in [3.8, 4) is 6.07 Å². The van der Waals surface area contributed by atoms with Gasteiger partial charge in [-0.05, 0) is 44.5 Å². The van der Waals surface area contributed by atoms with Crippen molar-refractivity contribution in [2.45, 2.75) is 26.3 Å². The van der Waals surface area contributed by atoms with Crippen LogP contribution in [0.25, 0.3) is 0 Å². The summed E-state index contributed by atoms with van der Waals surface area (Å²) >= 11 is 0. The second-order valence-electron chi connectivity index (χ2n) is 5.42. The van der Waals surface area contributed by atoms with Gasteiger partial charge in [0.25, 0.3) is 0 Å². The highest BCUT2D eigenvalue weighted by Crippen LogP contribution is 2.26.